The number of amides is 1. The zero-order valence-electron chi connectivity index (χ0n) is 9.43. The quantitative estimate of drug-likeness (QED) is 0.738. The molecule has 0 spiro atoms. The molecule has 0 aromatic carbocycles. The number of likely N-dealkylation sites (tertiary alicyclic amines) is 2. The standard InChI is InChI=1S/C12H16N2OS/c1-13-6-9-2-4-14(11(9)7-13)12(15)10-3-5-16-8-10/h3,5,8-9,11H,2,4,6-7H2,1H3. The van der Waals surface area contributed by atoms with E-state index in [9.17, 15) is 4.79 Å². The second-order valence-corrected chi connectivity index (χ2v) is 5.63. The van der Waals surface area contributed by atoms with Crippen molar-refractivity contribution < 1.29 is 4.79 Å². The first-order chi connectivity index (χ1) is 7.75. The van der Waals surface area contributed by atoms with Gasteiger partial charge in [0.15, 0.2) is 0 Å². The third-order valence-electron chi connectivity index (χ3n) is 3.76. The van der Waals surface area contributed by atoms with Gasteiger partial charge in [0.25, 0.3) is 5.91 Å². The predicted octanol–water partition coefficient (Wildman–Crippen LogP) is 1.52. The topological polar surface area (TPSA) is 23.6 Å². The minimum absolute atomic E-state index is 0.226. The van der Waals surface area contributed by atoms with Gasteiger partial charge in [-0.25, -0.2) is 0 Å². The Balaban J connectivity index is 1.79. The van der Waals surface area contributed by atoms with Gasteiger partial charge in [0.1, 0.15) is 0 Å². The molecule has 0 bridgehead atoms. The molecule has 3 nitrogen and oxygen atoms in total. The monoisotopic (exact) mass is 236 g/mol. The van der Waals surface area contributed by atoms with Crippen LogP contribution < -0.4 is 0 Å². The van der Waals surface area contributed by atoms with Crippen molar-refractivity contribution in [3.05, 3.63) is 22.4 Å². The van der Waals surface area contributed by atoms with Gasteiger partial charge in [-0.05, 0) is 30.8 Å². The van der Waals surface area contributed by atoms with Crippen LogP contribution >= 0.6 is 11.3 Å². The summed E-state index contributed by atoms with van der Waals surface area (Å²) in [5.74, 6) is 0.927. The number of likely N-dealkylation sites (N-methyl/N-ethyl adjacent to an activating group) is 1. The van der Waals surface area contributed by atoms with Crippen molar-refractivity contribution >= 4 is 17.2 Å². The van der Waals surface area contributed by atoms with Crippen molar-refractivity contribution in [3.8, 4) is 0 Å². The summed E-state index contributed by atoms with van der Waals surface area (Å²) in [5.41, 5.74) is 0.861. The highest BCUT2D eigenvalue weighted by Gasteiger charge is 2.42. The summed E-state index contributed by atoms with van der Waals surface area (Å²) in [6, 6.07) is 2.39. The summed E-state index contributed by atoms with van der Waals surface area (Å²) >= 11 is 1.59. The number of nitrogens with zero attached hydrogens (tertiary/aromatic N) is 2. The van der Waals surface area contributed by atoms with Crippen molar-refractivity contribution in [2.75, 3.05) is 26.7 Å². The van der Waals surface area contributed by atoms with Crippen LogP contribution in [0.5, 0.6) is 0 Å². The molecule has 2 aliphatic heterocycles. The third kappa shape index (κ3) is 1.57. The lowest BCUT2D eigenvalue weighted by atomic mass is 10.1. The number of hydrogen-bond donors (Lipinski definition) is 0. The average molecular weight is 236 g/mol. The van der Waals surface area contributed by atoms with E-state index in [1.54, 1.807) is 11.3 Å². The number of hydrogen-bond acceptors (Lipinski definition) is 3. The molecule has 0 aliphatic carbocycles. The highest BCUT2D eigenvalue weighted by molar-refractivity contribution is 7.08. The van der Waals surface area contributed by atoms with Gasteiger partial charge < -0.3 is 9.80 Å². The number of carbonyl (C=O) groups excluding carboxylic acids is 1. The molecule has 1 amide bonds. The molecule has 0 N–H and O–H groups in total. The minimum atomic E-state index is 0.226. The van der Waals surface area contributed by atoms with Crippen molar-refractivity contribution in [1.82, 2.24) is 9.80 Å². The first-order valence-electron chi connectivity index (χ1n) is 5.77. The molecule has 0 saturated carbocycles. The highest BCUT2D eigenvalue weighted by Crippen LogP contribution is 2.31. The van der Waals surface area contributed by atoms with Gasteiger partial charge in [0.05, 0.1) is 5.56 Å². The fourth-order valence-electron chi connectivity index (χ4n) is 2.98. The van der Waals surface area contributed by atoms with E-state index in [0.29, 0.717) is 12.0 Å². The van der Waals surface area contributed by atoms with Crippen molar-refractivity contribution in [1.29, 1.82) is 0 Å². The fourth-order valence-corrected chi connectivity index (χ4v) is 3.61. The molecular weight excluding hydrogens is 220 g/mol. The molecule has 4 heteroatoms. The number of carbonyl (C=O) groups is 1. The van der Waals surface area contributed by atoms with E-state index in [1.807, 2.05) is 16.8 Å². The summed E-state index contributed by atoms with van der Waals surface area (Å²) < 4.78 is 0. The van der Waals surface area contributed by atoms with Gasteiger partial charge in [-0.2, -0.15) is 11.3 Å². The largest absolute Gasteiger partial charge is 0.334 e. The summed E-state index contributed by atoms with van der Waals surface area (Å²) in [4.78, 5) is 16.7. The Morgan fingerprint density at radius 2 is 2.38 bits per heavy atom. The second-order valence-electron chi connectivity index (χ2n) is 4.85. The smallest absolute Gasteiger partial charge is 0.255 e. The Labute approximate surface area is 99.7 Å². The maximum absolute atomic E-state index is 12.3. The molecule has 3 rings (SSSR count). The summed E-state index contributed by atoms with van der Waals surface area (Å²) in [6.07, 6.45) is 1.17. The zero-order chi connectivity index (χ0) is 11.1. The molecule has 2 unspecified atom stereocenters. The van der Waals surface area contributed by atoms with Crippen LogP contribution in [-0.2, 0) is 0 Å². The molecule has 2 saturated heterocycles. The van der Waals surface area contributed by atoms with E-state index < -0.39 is 0 Å². The number of thiophene rings is 1. The van der Waals surface area contributed by atoms with Crippen molar-refractivity contribution in [3.63, 3.8) is 0 Å². The molecule has 0 radical (unpaired) electrons. The molecule has 1 aromatic heterocycles. The Hall–Kier alpha value is -0.870. The third-order valence-corrected chi connectivity index (χ3v) is 4.44. The molecule has 2 fully saturated rings. The summed E-state index contributed by atoms with van der Waals surface area (Å²) in [5, 5.41) is 3.93. The Morgan fingerprint density at radius 3 is 3.12 bits per heavy atom. The molecule has 2 aliphatic rings. The predicted molar refractivity (Wildman–Crippen MR) is 64.7 cm³/mol. The minimum Gasteiger partial charge on any atom is -0.334 e. The van der Waals surface area contributed by atoms with Crippen LogP contribution in [0, 0.1) is 5.92 Å². The van der Waals surface area contributed by atoms with Gasteiger partial charge >= 0.3 is 0 Å². The van der Waals surface area contributed by atoms with E-state index >= 15 is 0 Å². The summed E-state index contributed by atoms with van der Waals surface area (Å²) in [7, 11) is 2.14. The fraction of sp³-hybridized carbons (Fsp3) is 0.583. The Kier molecular flexibility index (Phi) is 2.48. The average Bonchev–Trinajstić information content (AvgIpc) is 2.90. The van der Waals surface area contributed by atoms with Crippen LogP contribution in [0.3, 0.4) is 0 Å². The number of fused-ring (bicyclic) bond motifs is 1. The van der Waals surface area contributed by atoms with Gasteiger partial charge in [0.2, 0.25) is 0 Å². The maximum atomic E-state index is 12.3. The van der Waals surface area contributed by atoms with Gasteiger partial charge in [-0.1, -0.05) is 0 Å². The highest BCUT2D eigenvalue weighted by atomic mass is 32.1. The lowest BCUT2D eigenvalue weighted by Crippen LogP contribution is -2.39. The van der Waals surface area contributed by atoms with Gasteiger partial charge in [0, 0.05) is 31.1 Å². The normalized spacial score (nSPS) is 29.7. The molecular formula is C12H16N2OS. The van der Waals surface area contributed by atoms with E-state index in [1.165, 1.54) is 6.42 Å². The van der Waals surface area contributed by atoms with Crippen LogP contribution in [0.4, 0.5) is 0 Å². The van der Waals surface area contributed by atoms with Crippen molar-refractivity contribution in [2.24, 2.45) is 5.92 Å². The van der Waals surface area contributed by atoms with Crippen LogP contribution in [0.1, 0.15) is 16.8 Å². The van der Waals surface area contributed by atoms with Gasteiger partial charge in [-0.3, -0.25) is 4.79 Å². The Morgan fingerprint density at radius 1 is 1.50 bits per heavy atom. The van der Waals surface area contributed by atoms with Crippen LogP contribution in [0.25, 0.3) is 0 Å². The first kappa shape index (κ1) is 10.3. The van der Waals surface area contributed by atoms with E-state index in [-0.39, 0.29) is 5.91 Å². The molecule has 1 aromatic rings. The molecule has 3 heterocycles. The molecule has 2 atom stereocenters. The van der Waals surface area contributed by atoms with Crippen molar-refractivity contribution in [2.45, 2.75) is 12.5 Å². The maximum Gasteiger partial charge on any atom is 0.255 e. The molecule has 16 heavy (non-hydrogen) atoms. The van der Waals surface area contributed by atoms with Crippen LogP contribution in [-0.4, -0.2) is 48.4 Å². The number of rotatable bonds is 1. The van der Waals surface area contributed by atoms with E-state index in [0.717, 1.165) is 25.2 Å². The molecule has 86 valence electrons. The first-order valence-corrected chi connectivity index (χ1v) is 6.71. The Bertz CT molecular complexity index is 390. The SMILES string of the molecule is CN1CC2CCN(C(=O)c3ccsc3)C2C1. The zero-order valence-corrected chi connectivity index (χ0v) is 10.2. The van der Waals surface area contributed by atoms with E-state index in [4.69, 9.17) is 0 Å². The lowest BCUT2D eigenvalue weighted by molar-refractivity contribution is 0.0730. The van der Waals surface area contributed by atoms with Gasteiger partial charge in [-0.15, -0.1) is 0 Å². The van der Waals surface area contributed by atoms with Crippen LogP contribution in [0.15, 0.2) is 16.8 Å². The lowest BCUT2D eigenvalue weighted by Gasteiger charge is -2.23. The second kappa shape index (κ2) is 3.86. The summed E-state index contributed by atoms with van der Waals surface area (Å²) in [6.45, 7) is 3.14. The van der Waals surface area contributed by atoms with E-state index in [2.05, 4.69) is 16.8 Å². The van der Waals surface area contributed by atoms with Crippen LogP contribution in [0.2, 0.25) is 0 Å².